The molecule has 98 valence electrons. The molecule has 0 amide bonds. The lowest BCUT2D eigenvalue weighted by molar-refractivity contribution is 0.112. The molecule has 5 heteroatoms. The molecule has 1 aliphatic rings. The van der Waals surface area contributed by atoms with Crippen LogP contribution in [0.2, 0.25) is 0 Å². The number of hydrogen-bond donors (Lipinski definition) is 0. The summed E-state index contributed by atoms with van der Waals surface area (Å²) >= 11 is 0. The normalized spacial score (nSPS) is 22.8. The number of aryl methyl sites for hydroxylation is 1. The van der Waals surface area contributed by atoms with Crippen LogP contribution in [0, 0.1) is 6.92 Å². The second kappa shape index (κ2) is 4.72. The fourth-order valence-electron chi connectivity index (χ4n) is 2.35. The Morgan fingerprint density at radius 3 is 2.67 bits per heavy atom. The van der Waals surface area contributed by atoms with E-state index in [1.165, 1.54) is 0 Å². The Morgan fingerprint density at radius 1 is 1.39 bits per heavy atom. The second-order valence-corrected chi connectivity index (χ2v) is 7.04. The maximum Gasteiger partial charge on any atom is 0.154 e. The molecule has 1 saturated heterocycles. The number of aldehydes is 1. The molecule has 4 nitrogen and oxygen atoms in total. The van der Waals surface area contributed by atoms with Crippen LogP contribution in [0.5, 0.6) is 0 Å². The van der Waals surface area contributed by atoms with Gasteiger partial charge in [-0.15, -0.1) is 0 Å². The largest absolute Gasteiger partial charge is 0.367 e. The molecule has 0 saturated carbocycles. The first-order valence-corrected chi connectivity index (χ1v) is 7.78. The predicted octanol–water partition coefficient (Wildman–Crippen LogP) is 1.43. The zero-order valence-electron chi connectivity index (χ0n) is 10.6. The molecule has 1 unspecified atom stereocenters. The predicted molar refractivity (Wildman–Crippen MR) is 72.0 cm³/mol. The van der Waals surface area contributed by atoms with E-state index in [1.54, 1.807) is 6.07 Å². The van der Waals surface area contributed by atoms with Crippen molar-refractivity contribution in [3.05, 3.63) is 29.3 Å². The van der Waals surface area contributed by atoms with Crippen LogP contribution in [0.4, 0.5) is 5.69 Å². The summed E-state index contributed by atoms with van der Waals surface area (Å²) in [6, 6.07) is 5.59. The van der Waals surface area contributed by atoms with Crippen LogP contribution in [0.25, 0.3) is 0 Å². The van der Waals surface area contributed by atoms with Crippen LogP contribution in [-0.4, -0.2) is 38.8 Å². The van der Waals surface area contributed by atoms with E-state index >= 15 is 0 Å². The average molecular weight is 267 g/mol. The standard InChI is InChI=1S/C13H17NO3S/c1-10-7-13(4-3-12(10)8-15)14-5-6-18(16,17)9-11(14)2/h3-4,7-8,11H,5-6,9H2,1-2H3. The van der Waals surface area contributed by atoms with Crippen LogP contribution >= 0.6 is 0 Å². The summed E-state index contributed by atoms with van der Waals surface area (Å²) in [5.74, 6) is 0.396. The minimum Gasteiger partial charge on any atom is -0.367 e. The molecule has 0 aromatic heterocycles. The van der Waals surface area contributed by atoms with Crippen LogP contribution < -0.4 is 4.90 Å². The lowest BCUT2D eigenvalue weighted by atomic mass is 10.1. The number of carbonyl (C=O) groups excluding carboxylic acids is 1. The molecule has 2 rings (SSSR count). The highest BCUT2D eigenvalue weighted by Crippen LogP contribution is 2.23. The van der Waals surface area contributed by atoms with Gasteiger partial charge in [-0.1, -0.05) is 0 Å². The molecule has 0 aliphatic carbocycles. The smallest absolute Gasteiger partial charge is 0.154 e. The summed E-state index contributed by atoms with van der Waals surface area (Å²) < 4.78 is 23.1. The molecule has 1 aromatic rings. The van der Waals surface area contributed by atoms with Crippen molar-refractivity contribution in [3.8, 4) is 0 Å². The molecular weight excluding hydrogens is 250 g/mol. The van der Waals surface area contributed by atoms with E-state index < -0.39 is 9.84 Å². The third kappa shape index (κ3) is 2.56. The summed E-state index contributed by atoms with van der Waals surface area (Å²) in [5, 5.41) is 0. The van der Waals surface area contributed by atoms with Crippen LogP contribution in [0.15, 0.2) is 18.2 Å². The molecule has 0 bridgehead atoms. The maximum absolute atomic E-state index is 11.5. The highest BCUT2D eigenvalue weighted by atomic mass is 32.2. The Hall–Kier alpha value is -1.36. The zero-order valence-corrected chi connectivity index (χ0v) is 11.4. The first-order valence-electron chi connectivity index (χ1n) is 5.96. The summed E-state index contributed by atoms with van der Waals surface area (Å²) in [7, 11) is -2.89. The van der Waals surface area contributed by atoms with Gasteiger partial charge in [-0.2, -0.15) is 0 Å². The van der Waals surface area contributed by atoms with Gasteiger partial charge < -0.3 is 4.90 Å². The van der Waals surface area contributed by atoms with Gasteiger partial charge in [0, 0.05) is 23.8 Å². The van der Waals surface area contributed by atoms with Crippen LogP contribution in [0.1, 0.15) is 22.8 Å². The molecule has 1 atom stereocenters. The fraction of sp³-hybridized carbons (Fsp3) is 0.462. The van der Waals surface area contributed by atoms with Crippen molar-refractivity contribution in [2.45, 2.75) is 19.9 Å². The van der Waals surface area contributed by atoms with E-state index in [1.807, 2.05) is 26.0 Å². The van der Waals surface area contributed by atoms with E-state index in [0.29, 0.717) is 12.1 Å². The first-order chi connectivity index (χ1) is 8.43. The number of benzene rings is 1. The number of hydrogen-bond acceptors (Lipinski definition) is 4. The minimum atomic E-state index is -2.89. The van der Waals surface area contributed by atoms with Gasteiger partial charge in [0.2, 0.25) is 0 Å². The van der Waals surface area contributed by atoms with E-state index in [4.69, 9.17) is 0 Å². The highest BCUT2D eigenvalue weighted by molar-refractivity contribution is 7.91. The molecule has 0 spiro atoms. The quantitative estimate of drug-likeness (QED) is 0.761. The Bertz CT molecular complexity index is 566. The summed E-state index contributed by atoms with van der Waals surface area (Å²) in [6.45, 7) is 4.32. The van der Waals surface area contributed by atoms with E-state index in [2.05, 4.69) is 4.90 Å². The lowest BCUT2D eigenvalue weighted by Crippen LogP contribution is -2.47. The summed E-state index contributed by atoms with van der Waals surface area (Å²) in [5.41, 5.74) is 2.58. The van der Waals surface area contributed by atoms with E-state index in [0.717, 1.165) is 17.5 Å². The van der Waals surface area contributed by atoms with Gasteiger partial charge in [0.25, 0.3) is 0 Å². The number of anilines is 1. The van der Waals surface area contributed by atoms with Crippen molar-refractivity contribution >= 4 is 21.8 Å². The molecule has 1 aliphatic heterocycles. The SMILES string of the molecule is Cc1cc(N2CCS(=O)(=O)CC2C)ccc1C=O. The molecule has 0 N–H and O–H groups in total. The van der Waals surface area contributed by atoms with Gasteiger partial charge in [0.05, 0.1) is 11.5 Å². The van der Waals surface area contributed by atoms with Crippen molar-refractivity contribution in [2.24, 2.45) is 0 Å². The van der Waals surface area contributed by atoms with Crippen LogP contribution in [-0.2, 0) is 9.84 Å². The monoisotopic (exact) mass is 267 g/mol. The first kappa shape index (κ1) is 13.1. The van der Waals surface area contributed by atoms with E-state index in [-0.39, 0.29) is 17.5 Å². The lowest BCUT2D eigenvalue weighted by Gasteiger charge is -2.35. The molecule has 1 heterocycles. The van der Waals surface area contributed by atoms with Gasteiger partial charge in [0.15, 0.2) is 9.84 Å². The molecule has 1 fully saturated rings. The van der Waals surface area contributed by atoms with Crippen molar-refractivity contribution in [3.63, 3.8) is 0 Å². The molecule has 0 radical (unpaired) electrons. The highest BCUT2D eigenvalue weighted by Gasteiger charge is 2.28. The van der Waals surface area contributed by atoms with Crippen molar-refractivity contribution in [1.29, 1.82) is 0 Å². The van der Waals surface area contributed by atoms with E-state index in [9.17, 15) is 13.2 Å². The number of sulfone groups is 1. The zero-order chi connectivity index (χ0) is 13.3. The van der Waals surface area contributed by atoms with Gasteiger partial charge >= 0.3 is 0 Å². The van der Waals surface area contributed by atoms with Crippen molar-refractivity contribution < 1.29 is 13.2 Å². The number of rotatable bonds is 2. The van der Waals surface area contributed by atoms with Gasteiger partial charge in [-0.25, -0.2) is 8.42 Å². The third-order valence-corrected chi connectivity index (χ3v) is 5.18. The molecule has 1 aromatic carbocycles. The Labute approximate surface area is 108 Å². The van der Waals surface area contributed by atoms with Gasteiger partial charge in [-0.3, -0.25) is 4.79 Å². The van der Waals surface area contributed by atoms with Crippen molar-refractivity contribution in [1.82, 2.24) is 0 Å². The minimum absolute atomic E-state index is 0.0229. The summed E-state index contributed by atoms with van der Waals surface area (Å²) in [4.78, 5) is 12.9. The third-order valence-electron chi connectivity index (χ3n) is 3.38. The Kier molecular flexibility index (Phi) is 3.43. The average Bonchev–Trinajstić information content (AvgIpc) is 2.27. The Morgan fingerprint density at radius 2 is 2.11 bits per heavy atom. The second-order valence-electron chi connectivity index (χ2n) is 4.82. The molecule has 18 heavy (non-hydrogen) atoms. The fourth-order valence-corrected chi connectivity index (χ4v) is 3.91. The topological polar surface area (TPSA) is 54.5 Å². The Balaban J connectivity index is 2.27. The van der Waals surface area contributed by atoms with Crippen LogP contribution in [0.3, 0.4) is 0 Å². The summed E-state index contributed by atoms with van der Waals surface area (Å²) in [6.07, 6.45) is 0.837. The van der Waals surface area contributed by atoms with Gasteiger partial charge in [-0.05, 0) is 37.6 Å². The maximum atomic E-state index is 11.5. The van der Waals surface area contributed by atoms with Crippen molar-refractivity contribution in [2.75, 3.05) is 23.0 Å². The van der Waals surface area contributed by atoms with Gasteiger partial charge in [0.1, 0.15) is 6.29 Å². The molecular formula is C13H17NO3S. The number of carbonyl (C=O) groups is 1. The number of nitrogens with zero attached hydrogens (tertiary/aromatic N) is 1.